The molecule has 2 unspecified atom stereocenters. The predicted molar refractivity (Wildman–Crippen MR) is 69.6 cm³/mol. The van der Waals surface area contributed by atoms with E-state index in [1.807, 2.05) is 22.8 Å². The maximum absolute atomic E-state index is 13.6. The van der Waals surface area contributed by atoms with Crippen molar-refractivity contribution in [3.05, 3.63) is 36.3 Å². The number of imidazole rings is 1. The summed E-state index contributed by atoms with van der Waals surface area (Å²) in [5.74, 6) is 0.485. The summed E-state index contributed by atoms with van der Waals surface area (Å²) in [7, 11) is 0. The van der Waals surface area contributed by atoms with Crippen LogP contribution < -0.4 is 5.32 Å². The molecule has 1 aliphatic carbocycles. The minimum absolute atomic E-state index is 0.136. The standard InChI is InChI=1S/C14H13FN4/c15-10-1-2-11-12(5-10)18(13-3-4-17-19(11)13)14-6-9(14)7-16-8-14/h1-5,9,16H,6-8H2. The van der Waals surface area contributed by atoms with Crippen molar-refractivity contribution in [2.24, 2.45) is 5.92 Å². The molecule has 1 aromatic carbocycles. The van der Waals surface area contributed by atoms with Crippen LogP contribution in [0.1, 0.15) is 6.42 Å². The summed E-state index contributed by atoms with van der Waals surface area (Å²) >= 11 is 0. The van der Waals surface area contributed by atoms with Crippen molar-refractivity contribution >= 4 is 16.7 Å². The van der Waals surface area contributed by atoms with Gasteiger partial charge in [0.05, 0.1) is 22.8 Å². The molecule has 1 aliphatic heterocycles. The Balaban J connectivity index is 1.94. The summed E-state index contributed by atoms with van der Waals surface area (Å²) in [6.45, 7) is 2.04. The lowest BCUT2D eigenvalue weighted by Crippen LogP contribution is -2.25. The summed E-state index contributed by atoms with van der Waals surface area (Å²) in [4.78, 5) is 0. The second-order valence-corrected chi connectivity index (χ2v) is 5.71. The van der Waals surface area contributed by atoms with E-state index in [9.17, 15) is 4.39 Å². The third-order valence-electron chi connectivity index (χ3n) is 4.73. The first kappa shape index (κ1) is 9.97. The van der Waals surface area contributed by atoms with Crippen LogP contribution in [-0.4, -0.2) is 27.3 Å². The number of benzene rings is 1. The van der Waals surface area contributed by atoms with E-state index in [0.717, 1.165) is 29.8 Å². The first-order valence-corrected chi connectivity index (χ1v) is 6.64. The van der Waals surface area contributed by atoms with Gasteiger partial charge in [0.25, 0.3) is 0 Å². The molecule has 2 fully saturated rings. The van der Waals surface area contributed by atoms with Gasteiger partial charge in [-0.2, -0.15) is 5.10 Å². The molecule has 0 radical (unpaired) electrons. The fourth-order valence-electron chi connectivity index (χ4n) is 3.76. The summed E-state index contributed by atoms with van der Waals surface area (Å²) in [6, 6.07) is 6.97. The molecule has 4 nitrogen and oxygen atoms in total. The van der Waals surface area contributed by atoms with Crippen LogP contribution in [0, 0.1) is 11.7 Å². The molecular formula is C14H13FN4. The number of aromatic nitrogens is 3. The molecule has 1 saturated heterocycles. The van der Waals surface area contributed by atoms with E-state index in [1.165, 1.54) is 12.5 Å². The third-order valence-corrected chi connectivity index (χ3v) is 4.73. The van der Waals surface area contributed by atoms with Crippen molar-refractivity contribution in [2.75, 3.05) is 13.1 Å². The molecule has 0 bridgehead atoms. The molecule has 5 rings (SSSR count). The molecule has 1 saturated carbocycles. The molecule has 0 amide bonds. The van der Waals surface area contributed by atoms with E-state index >= 15 is 0 Å². The van der Waals surface area contributed by atoms with Crippen molar-refractivity contribution in [2.45, 2.75) is 12.0 Å². The highest BCUT2D eigenvalue weighted by Crippen LogP contribution is 2.54. The highest BCUT2D eigenvalue weighted by Gasteiger charge is 2.59. The normalized spacial score (nSPS) is 29.2. The lowest BCUT2D eigenvalue weighted by atomic mass is 10.2. The highest BCUT2D eigenvalue weighted by atomic mass is 19.1. The number of piperidine rings is 1. The zero-order valence-electron chi connectivity index (χ0n) is 10.3. The Morgan fingerprint density at radius 2 is 2.26 bits per heavy atom. The van der Waals surface area contributed by atoms with Crippen LogP contribution in [0.5, 0.6) is 0 Å². The van der Waals surface area contributed by atoms with Crippen molar-refractivity contribution in [1.29, 1.82) is 0 Å². The molecule has 3 aromatic rings. The maximum atomic E-state index is 13.6. The van der Waals surface area contributed by atoms with Crippen molar-refractivity contribution < 1.29 is 4.39 Å². The van der Waals surface area contributed by atoms with Gasteiger partial charge in [0.1, 0.15) is 11.5 Å². The van der Waals surface area contributed by atoms with Crippen molar-refractivity contribution in [3.8, 4) is 0 Å². The molecule has 19 heavy (non-hydrogen) atoms. The van der Waals surface area contributed by atoms with Crippen molar-refractivity contribution in [1.82, 2.24) is 19.5 Å². The van der Waals surface area contributed by atoms with Gasteiger partial charge >= 0.3 is 0 Å². The third kappa shape index (κ3) is 1.06. The van der Waals surface area contributed by atoms with Gasteiger partial charge in [-0.15, -0.1) is 0 Å². The smallest absolute Gasteiger partial charge is 0.137 e. The van der Waals surface area contributed by atoms with Gasteiger partial charge in [-0.3, -0.25) is 0 Å². The number of hydrogen-bond donors (Lipinski definition) is 1. The number of rotatable bonds is 1. The minimum atomic E-state index is -0.186. The van der Waals surface area contributed by atoms with E-state index < -0.39 is 0 Å². The van der Waals surface area contributed by atoms with Gasteiger partial charge in [-0.1, -0.05) is 0 Å². The molecule has 1 N–H and O–H groups in total. The van der Waals surface area contributed by atoms with Crippen LogP contribution in [0.25, 0.3) is 16.7 Å². The largest absolute Gasteiger partial charge is 0.316 e. The Morgan fingerprint density at radius 3 is 3.05 bits per heavy atom. The zero-order chi connectivity index (χ0) is 12.6. The zero-order valence-corrected chi connectivity index (χ0v) is 10.3. The Hall–Kier alpha value is -1.88. The summed E-state index contributed by atoms with van der Waals surface area (Å²) in [6.07, 6.45) is 2.99. The Bertz CT molecular complexity index is 817. The monoisotopic (exact) mass is 256 g/mol. The molecule has 2 atom stereocenters. The number of fused-ring (bicyclic) bond motifs is 4. The quantitative estimate of drug-likeness (QED) is 0.719. The first-order valence-electron chi connectivity index (χ1n) is 6.64. The summed E-state index contributed by atoms with van der Waals surface area (Å²) < 4.78 is 17.8. The average molecular weight is 256 g/mol. The van der Waals surface area contributed by atoms with Crippen LogP contribution >= 0.6 is 0 Å². The van der Waals surface area contributed by atoms with Crippen LogP contribution in [0.4, 0.5) is 4.39 Å². The van der Waals surface area contributed by atoms with Crippen LogP contribution in [-0.2, 0) is 5.54 Å². The first-order chi connectivity index (χ1) is 9.29. The Morgan fingerprint density at radius 1 is 1.32 bits per heavy atom. The minimum Gasteiger partial charge on any atom is -0.316 e. The van der Waals surface area contributed by atoms with Crippen LogP contribution in [0.15, 0.2) is 30.5 Å². The Kier molecular flexibility index (Phi) is 1.57. The van der Waals surface area contributed by atoms with Crippen molar-refractivity contribution in [3.63, 3.8) is 0 Å². The van der Waals surface area contributed by atoms with Gasteiger partial charge in [0, 0.05) is 19.2 Å². The van der Waals surface area contributed by atoms with Crippen LogP contribution in [0.3, 0.4) is 0 Å². The molecule has 2 aromatic heterocycles. The van der Waals surface area contributed by atoms with Gasteiger partial charge in [-0.25, -0.2) is 8.91 Å². The summed E-state index contributed by atoms with van der Waals surface area (Å²) in [5.41, 5.74) is 3.13. The summed E-state index contributed by atoms with van der Waals surface area (Å²) in [5, 5.41) is 7.81. The topological polar surface area (TPSA) is 34.3 Å². The van der Waals surface area contributed by atoms with E-state index in [-0.39, 0.29) is 11.4 Å². The fraction of sp³-hybridized carbons (Fsp3) is 0.357. The fourth-order valence-corrected chi connectivity index (χ4v) is 3.76. The molecule has 3 heterocycles. The van der Waals surface area contributed by atoms with Gasteiger partial charge in [0.15, 0.2) is 0 Å². The van der Waals surface area contributed by atoms with E-state index in [0.29, 0.717) is 5.92 Å². The molecular weight excluding hydrogens is 243 g/mol. The predicted octanol–water partition coefficient (Wildman–Crippen LogP) is 1.75. The van der Waals surface area contributed by atoms with Gasteiger partial charge in [-0.05, 0) is 30.5 Å². The maximum Gasteiger partial charge on any atom is 0.137 e. The number of hydrogen-bond acceptors (Lipinski definition) is 2. The molecule has 96 valence electrons. The Labute approximate surface area is 108 Å². The lowest BCUT2D eigenvalue weighted by Gasteiger charge is -2.16. The number of nitrogens with zero attached hydrogens (tertiary/aromatic N) is 3. The molecule has 0 spiro atoms. The van der Waals surface area contributed by atoms with E-state index in [4.69, 9.17) is 0 Å². The lowest BCUT2D eigenvalue weighted by molar-refractivity contribution is 0.512. The number of halogens is 1. The second kappa shape index (κ2) is 2.99. The number of nitrogens with one attached hydrogen (secondary N) is 1. The van der Waals surface area contributed by atoms with E-state index in [1.54, 1.807) is 6.07 Å². The van der Waals surface area contributed by atoms with E-state index in [2.05, 4.69) is 15.0 Å². The van der Waals surface area contributed by atoms with Gasteiger partial charge < -0.3 is 9.88 Å². The SMILES string of the molecule is Fc1ccc2c(c1)n(C13CNCC1C3)c1ccnn21. The van der Waals surface area contributed by atoms with Crippen LogP contribution in [0.2, 0.25) is 0 Å². The average Bonchev–Trinajstić information content (AvgIpc) is 2.79. The highest BCUT2D eigenvalue weighted by molar-refractivity contribution is 5.82. The molecule has 2 aliphatic rings. The molecule has 5 heteroatoms. The second-order valence-electron chi connectivity index (χ2n) is 5.71. The van der Waals surface area contributed by atoms with Gasteiger partial charge in [0.2, 0.25) is 0 Å².